The average molecular weight is 500 g/mol. The number of amides is 1. The molecule has 3 heterocycles. The maximum atomic E-state index is 13.4. The second-order valence-corrected chi connectivity index (χ2v) is 8.91. The van der Waals surface area contributed by atoms with Crippen molar-refractivity contribution >= 4 is 17.7 Å². The molecule has 0 spiro atoms. The molecular weight excluding hydrogens is 479 g/mol. The molecule has 2 aromatic heterocycles. The fraction of sp³-hybridized carbons (Fsp3) is 0.250. The molecule has 1 aliphatic heterocycles. The van der Waals surface area contributed by atoms with E-state index in [4.69, 9.17) is 4.42 Å². The zero-order valence-electron chi connectivity index (χ0n) is 18.4. The van der Waals surface area contributed by atoms with Gasteiger partial charge in [0.15, 0.2) is 16.7 Å². The summed E-state index contributed by atoms with van der Waals surface area (Å²) in [6.07, 6.45) is -1.20. The highest BCUT2D eigenvalue weighted by Crippen LogP contribution is 2.34. The van der Waals surface area contributed by atoms with Gasteiger partial charge in [-0.3, -0.25) is 9.36 Å². The lowest BCUT2D eigenvalue weighted by molar-refractivity contribution is -0.137. The van der Waals surface area contributed by atoms with Crippen LogP contribution in [0, 0.1) is 0 Å². The Labute approximate surface area is 203 Å². The maximum absolute atomic E-state index is 13.4. The van der Waals surface area contributed by atoms with Crippen molar-refractivity contribution in [2.75, 3.05) is 13.1 Å². The molecule has 1 aliphatic rings. The number of carbonyl (C=O) groups excluding carboxylic acids is 1. The normalized spacial score (nSPS) is 14.0. The van der Waals surface area contributed by atoms with Crippen LogP contribution in [0.15, 0.2) is 70.4 Å². The molecular formula is C24H20F3N5O2S. The lowest BCUT2D eigenvalue weighted by Crippen LogP contribution is -2.27. The van der Waals surface area contributed by atoms with E-state index in [-0.39, 0.29) is 23.0 Å². The Morgan fingerprint density at radius 2 is 1.80 bits per heavy atom. The van der Waals surface area contributed by atoms with Crippen molar-refractivity contribution in [1.82, 2.24) is 24.6 Å². The second kappa shape index (κ2) is 9.57. The van der Waals surface area contributed by atoms with Gasteiger partial charge in [-0.2, -0.15) is 13.2 Å². The summed E-state index contributed by atoms with van der Waals surface area (Å²) in [7, 11) is 0. The third kappa shape index (κ3) is 4.95. The van der Waals surface area contributed by atoms with Crippen LogP contribution in [0.5, 0.6) is 0 Å². The van der Waals surface area contributed by atoms with Gasteiger partial charge in [-0.25, -0.2) is 4.98 Å². The smallest absolute Gasteiger partial charge is 0.416 e. The van der Waals surface area contributed by atoms with Gasteiger partial charge in [-0.1, -0.05) is 48.2 Å². The van der Waals surface area contributed by atoms with Gasteiger partial charge in [0.05, 0.1) is 17.0 Å². The molecule has 0 saturated carbocycles. The van der Waals surface area contributed by atoms with Crippen molar-refractivity contribution in [3.05, 3.63) is 78.0 Å². The summed E-state index contributed by atoms with van der Waals surface area (Å²) in [5, 5.41) is 8.85. The number of hydrogen-bond acceptors (Lipinski definition) is 6. The lowest BCUT2D eigenvalue weighted by Gasteiger charge is -2.13. The molecule has 2 aromatic carbocycles. The van der Waals surface area contributed by atoms with E-state index in [1.807, 2.05) is 30.3 Å². The highest BCUT2D eigenvalue weighted by molar-refractivity contribution is 7.98. The standard InChI is InChI=1S/C24H20F3N5O2S/c25-24(26,27)17-9-6-10-18(13-17)32-21(16-7-2-1-3-8-16)29-30-23(32)35-15-20-28-19(14-34-20)22(33)31-11-4-5-12-31/h1-3,6-10,13-14H,4-5,11-12,15H2. The number of halogens is 3. The highest BCUT2D eigenvalue weighted by Gasteiger charge is 2.31. The molecule has 1 amide bonds. The minimum absolute atomic E-state index is 0.166. The third-order valence-electron chi connectivity index (χ3n) is 5.59. The largest absolute Gasteiger partial charge is 0.447 e. The number of rotatable bonds is 6. The van der Waals surface area contributed by atoms with Crippen LogP contribution in [0.25, 0.3) is 17.1 Å². The number of hydrogen-bond donors (Lipinski definition) is 0. The Kier molecular flexibility index (Phi) is 6.33. The summed E-state index contributed by atoms with van der Waals surface area (Å²) < 4.78 is 47.2. The molecule has 35 heavy (non-hydrogen) atoms. The zero-order chi connectivity index (χ0) is 24.4. The van der Waals surface area contributed by atoms with Crippen molar-refractivity contribution in [3.8, 4) is 17.1 Å². The van der Waals surface area contributed by atoms with E-state index in [2.05, 4.69) is 15.2 Å². The zero-order valence-corrected chi connectivity index (χ0v) is 19.2. The summed E-state index contributed by atoms with van der Waals surface area (Å²) in [6, 6.07) is 14.1. The summed E-state index contributed by atoms with van der Waals surface area (Å²) in [6.45, 7) is 1.41. The first-order valence-electron chi connectivity index (χ1n) is 10.9. The van der Waals surface area contributed by atoms with Crippen molar-refractivity contribution in [2.45, 2.75) is 29.9 Å². The Bertz CT molecular complexity index is 1330. The first-order valence-corrected chi connectivity index (χ1v) is 11.9. The first kappa shape index (κ1) is 23.2. The van der Waals surface area contributed by atoms with Crippen molar-refractivity contribution in [1.29, 1.82) is 0 Å². The summed E-state index contributed by atoms with van der Waals surface area (Å²) >= 11 is 1.21. The van der Waals surface area contributed by atoms with Crippen LogP contribution >= 0.6 is 11.8 Å². The molecule has 0 bridgehead atoms. The molecule has 180 valence electrons. The van der Waals surface area contributed by atoms with Crippen LogP contribution in [-0.2, 0) is 11.9 Å². The third-order valence-corrected chi connectivity index (χ3v) is 6.50. The van der Waals surface area contributed by atoms with Gasteiger partial charge in [0.25, 0.3) is 5.91 Å². The molecule has 11 heteroatoms. The van der Waals surface area contributed by atoms with Crippen LogP contribution in [-0.4, -0.2) is 43.6 Å². The number of carbonyl (C=O) groups is 1. The van der Waals surface area contributed by atoms with Gasteiger partial charge < -0.3 is 9.32 Å². The Morgan fingerprint density at radius 1 is 1.03 bits per heavy atom. The number of nitrogens with zero attached hydrogens (tertiary/aromatic N) is 5. The average Bonchev–Trinajstić information content (AvgIpc) is 3.63. The van der Waals surface area contributed by atoms with Crippen molar-refractivity contribution in [3.63, 3.8) is 0 Å². The Hall–Kier alpha value is -3.60. The van der Waals surface area contributed by atoms with Crippen LogP contribution in [0.1, 0.15) is 34.8 Å². The van der Waals surface area contributed by atoms with E-state index in [1.165, 1.54) is 24.1 Å². The van der Waals surface area contributed by atoms with Gasteiger partial charge >= 0.3 is 6.18 Å². The molecule has 5 rings (SSSR count). The molecule has 0 radical (unpaired) electrons. The predicted molar refractivity (Wildman–Crippen MR) is 123 cm³/mol. The Balaban J connectivity index is 1.44. The van der Waals surface area contributed by atoms with E-state index in [9.17, 15) is 18.0 Å². The van der Waals surface area contributed by atoms with Crippen LogP contribution < -0.4 is 0 Å². The van der Waals surface area contributed by atoms with E-state index in [0.29, 0.717) is 35.5 Å². The summed E-state index contributed by atoms with van der Waals surface area (Å²) in [4.78, 5) is 18.6. The van der Waals surface area contributed by atoms with Gasteiger partial charge in [0.1, 0.15) is 6.26 Å². The van der Waals surface area contributed by atoms with Gasteiger partial charge in [0.2, 0.25) is 5.89 Å². The van der Waals surface area contributed by atoms with Gasteiger partial charge in [0, 0.05) is 18.7 Å². The SMILES string of the molecule is O=C(c1coc(CSc2nnc(-c3ccccc3)n2-c2cccc(C(F)(F)F)c2)n1)N1CCCC1. The highest BCUT2D eigenvalue weighted by atomic mass is 32.2. The monoisotopic (exact) mass is 499 g/mol. The van der Waals surface area contributed by atoms with E-state index >= 15 is 0 Å². The van der Waals surface area contributed by atoms with Gasteiger partial charge in [-0.15, -0.1) is 10.2 Å². The maximum Gasteiger partial charge on any atom is 0.416 e. The number of benzene rings is 2. The van der Waals surface area contributed by atoms with Crippen molar-refractivity contribution in [2.24, 2.45) is 0 Å². The molecule has 0 aliphatic carbocycles. The van der Waals surface area contributed by atoms with Crippen LogP contribution in [0.3, 0.4) is 0 Å². The topological polar surface area (TPSA) is 77.0 Å². The molecule has 0 N–H and O–H groups in total. The van der Waals surface area contributed by atoms with E-state index < -0.39 is 11.7 Å². The second-order valence-electron chi connectivity index (χ2n) is 7.97. The summed E-state index contributed by atoms with van der Waals surface area (Å²) in [5.41, 5.74) is 0.464. The van der Waals surface area contributed by atoms with Crippen LogP contribution in [0.2, 0.25) is 0 Å². The van der Waals surface area contributed by atoms with E-state index in [1.54, 1.807) is 15.5 Å². The molecule has 1 saturated heterocycles. The fourth-order valence-corrected chi connectivity index (χ4v) is 4.68. The molecule has 7 nitrogen and oxygen atoms in total. The Morgan fingerprint density at radius 3 is 2.54 bits per heavy atom. The lowest BCUT2D eigenvalue weighted by atomic mass is 10.1. The van der Waals surface area contributed by atoms with Crippen molar-refractivity contribution < 1.29 is 22.4 Å². The van der Waals surface area contributed by atoms with Crippen LogP contribution in [0.4, 0.5) is 13.2 Å². The fourth-order valence-electron chi connectivity index (χ4n) is 3.88. The first-order chi connectivity index (χ1) is 16.9. The molecule has 0 atom stereocenters. The predicted octanol–water partition coefficient (Wildman–Crippen LogP) is 5.47. The number of oxazole rings is 1. The molecule has 0 unspecified atom stereocenters. The minimum atomic E-state index is -4.49. The quantitative estimate of drug-likeness (QED) is 0.328. The molecule has 4 aromatic rings. The summed E-state index contributed by atoms with van der Waals surface area (Å²) in [5.74, 6) is 0.780. The van der Waals surface area contributed by atoms with Gasteiger partial charge in [-0.05, 0) is 31.0 Å². The molecule has 1 fully saturated rings. The minimum Gasteiger partial charge on any atom is -0.447 e. The number of likely N-dealkylation sites (tertiary alicyclic amines) is 1. The number of alkyl halides is 3. The number of thioether (sulfide) groups is 1. The number of aromatic nitrogens is 4. The van der Waals surface area contributed by atoms with E-state index in [0.717, 1.165) is 25.0 Å².